The van der Waals surface area contributed by atoms with E-state index in [0.717, 1.165) is 29.0 Å². The lowest BCUT2D eigenvalue weighted by Gasteiger charge is -2.15. The fourth-order valence-corrected chi connectivity index (χ4v) is 2.92. The highest BCUT2D eigenvalue weighted by Gasteiger charge is 2.30. The molecule has 12 heteroatoms. The molecule has 168 valence electrons. The summed E-state index contributed by atoms with van der Waals surface area (Å²) in [6.07, 6.45) is 0.132. The Balaban J connectivity index is 1.36. The minimum absolute atomic E-state index is 0.0476. The molecule has 0 aliphatic carbocycles. The molecule has 0 atom stereocenters. The van der Waals surface area contributed by atoms with Crippen LogP contribution in [0.25, 0.3) is 16.6 Å². The summed E-state index contributed by atoms with van der Waals surface area (Å²) in [6, 6.07) is 8.82. The maximum Gasteiger partial charge on any atom is 0.416 e. The van der Waals surface area contributed by atoms with E-state index in [4.69, 9.17) is 4.52 Å². The standard InChI is InChI=1S/C21H16F3N7O2/c1-13-7-8-26-29-19(13)14-5-6-17(25-10-14)11-31-12-18(33-30-31)28-20(32)27-16-4-2-3-15(9-16)21(22,23)24/h2-10,12H,11H2,1H3,(H-,27,28,30,32). The van der Waals surface area contributed by atoms with Gasteiger partial charge >= 0.3 is 6.18 Å². The van der Waals surface area contributed by atoms with E-state index in [9.17, 15) is 18.0 Å². The third-order valence-electron chi connectivity index (χ3n) is 4.50. The zero-order valence-corrected chi connectivity index (χ0v) is 17.1. The first-order valence-corrected chi connectivity index (χ1v) is 9.58. The van der Waals surface area contributed by atoms with Crippen molar-refractivity contribution < 1.29 is 27.2 Å². The predicted octanol–water partition coefficient (Wildman–Crippen LogP) is 4.43. The summed E-state index contributed by atoms with van der Waals surface area (Å²) in [4.78, 5) is 16.4. The van der Waals surface area contributed by atoms with Crippen molar-refractivity contribution in [3.63, 3.8) is 0 Å². The molecule has 0 unspecified atom stereocenters. The Morgan fingerprint density at radius 1 is 1.21 bits per heavy atom. The number of halogens is 3. The number of hydrogen-bond acceptors (Lipinski definition) is 6. The largest absolute Gasteiger partial charge is 0.424 e. The van der Waals surface area contributed by atoms with E-state index in [1.54, 1.807) is 18.5 Å². The van der Waals surface area contributed by atoms with Gasteiger partial charge in [-0.3, -0.25) is 9.78 Å². The molecule has 0 aliphatic rings. The number of aromatic nitrogens is 5. The van der Waals surface area contributed by atoms with E-state index < -0.39 is 17.8 Å². The van der Waals surface area contributed by atoms with Gasteiger partial charge in [0.2, 0.25) is 18.6 Å². The molecule has 0 radical (unpaired) electrons. The van der Waals surface area contributed by atoms with Gasteiger partial charge in [-0.15, -0.1) is 0 Å². The Morgan fingerprint density at radius 3 is 2.79 bits per heavy atom. The highest BCUT2D eigenvalue weighted by Crippen LogP contribution is 2.31. The molecule has 0 saturated carbocycles. The van der Waals surface area contributed by atoms with E-state index in [2.05, 4.69) is 31.1 Å². The number of carbonyl (C=O) groups excluding carboxylic acids is 1. The highest BCUT2D eigenvalue weighted by molar-refractivity contribution is 6.03. The van der Waals surface area contributed by atoms with Crippen molar-refractivity contribution in [2.24, 2.45) is 0 Å². The second-order valence-electron chi connectivity index (χ2n) is 6.96. The molecule has 4 rings (SSSR count). The molecule has 2 amide bonds. The molecular weight excluding hydrogens is 439 g/mol. The van der Waals surface area contributed by atoms with Crippen LogP contribution in [-0.2, 0) is 12.7 Å². The quantitative estimate of drug-likeness (QED) is 0.446. The van der Waals surface area contributed by atoms with Gasteiger partial charge in [0, 0.05) is 18.0 Å². The van der Waals surface area contributed by atoms with Gasteiger partial charge in [0.1, 0.15) is 5.69 Å². The second-order valence-corrected chi connectivity index (χ2v) is 6.96. The van der Waals surface area contributed by atoms with Crippen molar-refractivity contribution >= 4 is 17.6 Å². The first-order chi connectivity index (χ1) is 15.8. The van der Waals surface area contributed by atoms with E-state index in [-0.39, 0.29) is 18.1 Å². The van der Waals surface area contributed by atoms with Gasteiger partial charge in [0.25, 0.3) is 0 Å². The molecule has 0 fully saturated rings. The van der Waals surface area contributed by atoms with Crippen LogP contribution in [0.4, 0.5) is 29.5 Å². The first kappa shape index (κ1) is 21.9. The number of alkyl halides is 3. The average Bonchev–Trinajstić information content (AvgIpc) is 3.21. The molecule has 0 aliphatic heterocycles. The van der Waals surface area contributed by atoms with Gasteiger partial charge < -0.3 is 15.2 Å². The van der Waals surface area contributed by atoms with Gasteiger partial charge in [-0.05, 0) is 47.1 Å². The van der Waals surface area contributed by atoms with Crippen LogP contribution in [0, 0.1) is 6.92 Å². The summed E-state index contributed by atoms with van der Waals surface area (Å²) in [7, 11) is 0. The van der Waals surface area contributed by atoms with E-state index in [0.29, 0.717) is 5.69 Å². The number of amides is 2. The maximum atomic E-state index is 12.8. The number of hydrogen-bond donors (Lipinski definition) is 1. The molecular formula is C21H16F3N7O2. The number of urea groups is 1. The van der Waals surface area contributed by atoms with Crippen LogP contribution >= 0.6 is 0 Å². The Bertz CT molecular complexity index is 1270. The third-order valence-corrected chi connectivity index (χ3v) is 4.50. The lowest BCUT2D eigenvalue weighted by Crippen LogP contribution is -2.35. The van der Waals surface area contributed by atoms with Crippen molar-refractivity contribution in [3.05, 3.63) is 83.2 Å². The molecule has 9 nitrogen and oxygen atoms in total. The van der Waals surface area contributed by atoms with E-state index in [1.807, 2.05) is 19.1 Å². The summed E-state index contributed by atoms with van der Waals surface area (Å²) >= 11 is 0. The summed E-state index contributed by atoms with van der Waals surface area (Å²) in [5.41, 5.74) is 2.26. The number of pyridine rings is 1. The van der Waals surface area contributed by atoms with Crippen LogP contribution in [-0.4, -0.2) is 26.5 Å². The molecule has 3 heterocycles. The molecule has 0 bridgehead atoms. The Labute approximate surface area is 185 Å². The molecule has 0 saturated heterocycles. The van der Waals surface area contributed by atoms with Crippen molar-refractivity contribution in [1.82, 2.24) is 20.5 Å². The minimum Gasteiger partial charge on any atom is -0.424 e. The number of benzene rings is 1. The van der Waals surface area contributed by atoms with Crippen molar-refractivity contribution in [3.8, 4) is 11.3 Å². The van der Waals surface area contributed by atoms with Crippen LogP contribution < -0.4 is 10.00 Å². The van der Waals surface area contributed by atoms with E-state index >= 15 is 0 Å². The summed E-state index contributed by atoms with van der Waals surface area (Å²) < 4.78 is 44.7. The molecule has 1 aromatic carbocycles. The summed E-state index contributed by atoms with van der Waals surface area (Å²) in [5.74, 6) is -0.119. The smallest absolute Gasteiger partial charge is 0.416 e. The number of nitrogens with zero attached hydrogens (tertiary/aromatic N) is 6. The van der Waals surface area contributed by atoms with E-state index in [1.165, 1.54) is 23.0 Å². The van der Waals surface area contributed by atoms with Gasteiger partial charge in [-0.2, -0.15) is 23.4 Å². The average molecular weight is 455 g/mol. The normalized spacial score (nSPS) is 11.3. The Hall–Kier alpha value is -4.35. The number of aryl methyl sites for hydroxylation is 1. The zero-order valence-electron chi connectivity index (χ0n) is 17.1. The Kier molecular flexibility index (Phi) is 5.98. The van der Waals surface area contributed by atoms with Crippen LogP contribution in [0.3, 0.4) is 0 Å². The molecule has 0 spiro atoms. The van der Waals surface area contributed by atoms with Crippen LogP contribution in [0.5, 0.6) is 0 Å². The lowest BCUT2D eigenvalue weighted by atomic mass is 10.1. The fourth-order valence-electron chi connectivity index (χ4n) is 2.92. The van der Waals surface area contributed by atoms with Gasteiger partial charge in [0.05, 0.1) is 11.3 Å². The topological polar surface area (TPSA) is 112 Å². The number of anilines is 1. The maximum absolute atomic E-state index is 12.8. The first-order valence-electron chi connectivity index (χ1n) is 9.58. The van der Waals surface area contributed by atoms with Crippen molar-refractivity contribution in [2.75, 3.05) is 5.32 Å². The number of rotatable bonds is 5. The van der Waals surface area contributed by atoms with Gasteiger partial charge in [0.15, 0.2) is 11.3 Å². The van der Waals surface area contributed by atoms with Crippen molar-refractivity contribution in [1.29, 1.82) is 0 Å². The third kappa shape index (κ3) is 5.47. The van der Waals surface area contributed by atoms with Gasteiger partial charge in [-0.1, -0.05) is 18.2 Å². The molecule has 4 aromatic rings. The fraction of sp³-hybridized carbons (Fsp3) is 0.143. The molecule has 3 aromatic heterocycles. The van der Waals surface area contributed by atoms with Crippen LogP contribution in [0.2, 0.25) is 0 Å². The SMILES string of the molecule is Cc1ccnnc1-c1ccc(C[n+]2cc([N-]C(=O)Nc3cccc(C(F)(F)F)c3)on2)nc1. The van der Waals surface area contributed by atoms with Crippen LogP contribution in [0.15, 0.2) is 65.6 Å². The molecule has 1 N–H and O–H groups in total. The number of nitrogens with one attached hydrogen (secondary N) is 1. The predicted molar refractivity (Wildman–Crippen MR) is 109 cm³/mol. The minimum atomic E-state index is -4.52. The van der Waals surface area contributed by atoms with Crippen LogP contribution in [0.1, 0.15) is 16.8 Å². The van der Waals surface area contributed by atoms with Gasteiger partial charge in [-0.25, -0.2) is 0 Å². The Morgan fingerprint density at radius 2 is 2.06 bits per heavy atom. The molecule has 33 heavy (non-hydrogen) atoms. The lowest BCUT2D eigenvalue weighted by molar-refractivity contribution is -0.755. The zero-order chi connectivity index (χ0) is 23.4. The number of carbonyl (C=O) groups is 1. The summed E-state index contributed by atoms with van der Waals surface area (Å²) in [5, 5.41) is 17.7. The summed E-state index contributed by atoms with van der Waals surface area (Å²) in [6.45, 7) is 2.17. The monoisotopic (exact) mass is 455 g/mol. The second kappa shape index (κ2) is 9.02. The van der Waals surface area contributed by atoms with Crippen molar-refractivity contribution in [2.45, 2.75) is 19.6 Å². The highest BCUT2D eigenvalue weighted by atomic mass is 19.4.